The van der Waals surface area contributed by atoms with Crippen LogP contribution in [0.1, 0.15) is 39.0 Å². The molecule has 2 aliphatic heterocycles. The summed E-state index contributed by atoms with van der Waals surface area (Å²) in [5.41, 5.74) is 0. The zero-order chi connectivity index (χ0) is 40.1. The van der Waals surface area contributed by atoms with Gasteiger partial charge < -0.3 is 59.4 Å². The molecule has 0 aromatic heterocycles. The van der Waals surface area contributed by atoms with Crippen LogP contribution in [0.3, 0.4) is 0 Å². The molecular formula is C32H44F4O16. The Kier molecular flexibility index (Phi) is 18.6. The molecule has 0 saturated carbocycles. The van der Waals surface area contributed by atoms with Crippen LogP contribution in [0.15, 0.2) is 0 Å². The molecule has 16 nitrogen and oxygen atoms in total. The summed E-state index contributed by atoms with van der Waals surface area (Å²) in [6, 6.07) is 0. The van der Waals surface area contributed by atoms with E-state index in [1.165, 1.54) is 6.92 Å². The second kappa shape index (κ2) is 20.7. The van der Waals surface area contributed by atoms with Gasteiger partial charge in [0.1, 0.15) is 30.2 Å². The van der Waals surface area contributed by atoms with Gasteiger partial charge in [0, 0.05) is 37.5 Å². The number of aliphatic hydroxyl groups is 7. The summed E-state index contributed by atoms with van der Waals surface area (Å²) >= 11 is 0. The van der Waals surface area contributed by atoms with Crippen molar-refractivity contribution in [2.45, 2.75) is 112 Å². The topological polar surface area (TPSA) is 256 Å². The molecule has 0 amide bonds. The molecule has 2 saturated heterocycles. The van der Waals surface area contributed by atoms with Gasteiger partial charge in [-0.3, -0.25) is 9.59 Å². The lowest BCUT2D eigenvalue weighted by molar-refractivity contribution is -0.304. The van der Waals surface area contributed by atoms with E-state index in [2.05, 4.69) is 21.3 Å². The van der Waals surface area contributed by atoms with Crippen molar-refractivity contribution in [3.05, 3.63) is 0 Å². The zero-order valence-corrected chi connectivity index (χ0v) is 28.3. The molecule has 20 heteroatoms. The number of carbonyl (C=O) groups is 4. The molecule has 2 aliphatic rings. The number of aliphatic hydroxyl groups excluding tert-OH is 7. The fourth-order valence-electron chi connectivity index (χ4n) is 5.32. The number of esters is 3. The minimum Gasteiger partial charge on any atom is -0.465 e. The third-order valence-corrected chi connectivity index (χ3v) is 8.33. The average molecular weight is 761 g/mol. The zero-order valence-electron chi connectivity index (χ0n) is 28.3. The molecule has 0 radical (unpaired) electrons. The van der Waals surface area contributed by atoms with Crippen molar-refractivity contribution in [2.24, 2.45) is 11.8 Å². The predicted octanol–water partition coefficient (Wildman–Crippen LogP) is -2.14. The van der Waals surface area contributed by atoms with Gasteiger partial charge in [-0.25, -0.2) is 18.4 Å². The molecule has 0 aliphatic carbocycles. The summed E-state index contributed by atoms with van der Waals surface area (Å²) < 4.78 is 80.8. The van der Waals surface area contributed by atoms with Crippen molar-refractivity contribution in [1.82, 2.24) is 0 Å². The average Bonchev–Trinajstić information content (AvgIpc) is 3.14. The summed E-state index contributed by atoms with van der Waals surface area (Å²) in [7, 11) is 1.55. The Morgan fingerprint density at radius 3 is 1.73 bits per heavy atom. The highest BCUT2D eigenvalue weighted by Crippen LogP contribution is 2.42. The van der Waals surface area contributed by atoms with E-state index in [0.717, 1.165) is 14.2 Å². The van der Waals surface area contributed by atoms with Gasteiger partial charge in [0.05, 0.1) is 52.2 Å². The number of terminal acetylenes is 2. The summed E-state index contributed by atoms with van der Waals surface area (Å²) in [4.78, 5) is 46.9. The first-order valence-corrected chi connectivity index (χ1v) is 15.7. The van der Waals surface area contributed by atoms with Crippen LogP contribution in [-0.2, 0) is 42.9 Å². The van der Waals surface area contributed by atoms with Crippen molar-refractivity contribution in [1.29, 1.82) is 0 Å². The maximum Gasteiger partial charge on any atom is 0.375 e. The number of halogens is 4. The van der Waals surface area contributed by atoms with Gasteiger partial charge in [-0.2, -0.15) is 8.78 Å². The molecule has 2 fully saturated rings. The highest BCUT2D eigenvalue weighted by molar-refractivity contribution is 5.80. The Bertz CT molecular complexity index is 1230. The van der Waals surface area contributed by atoms with Gasteiger partial charge in [0.25, 0.3) is 0 Å². The minimum atomic E-state index is -3.76. The number of rotatable bonds is 15. The van der Waals surface area contributed by atoms with E-state index in [-0.39, 0.29) is 25.7 Å². The Labute approximate surface area is 295 Å². The molecule has 0 aromatic carbocycles. The molecule has 0 aromatic rings. The summed E-state index contributed by atoms with van der Waals surface area (Å²) in [5.74, 6) is -10.7. The number of carbonyl (C=O) groups excluding carboxylic acids is 4. The molecule has 2 rings (SSSR count). The lowest BCUT2D eigenvalue weighted by atomic mass is 9.79. The monoisotopic (exact) mass is 760 g/mol. The molecule has 10 unspecified atom stereocenters. The van der Waals surface area contributed by atoms with Gasteiger partial charge in [0.2, 0.25) is 0 Å². The number of hydrogen-bond acceptors (Lipinski definition) is 16. The molecule has 2 heterocycles. The number of methoxy groups -OCH3 is 2. The van der Waals surface area contributed by atoms with E-state index in [4.69, 9.17) is 37.3 Å². The number of ether oxygens (including phenoxy) is 5. The standard InChI is InChI=1S/2C16H22F2O8/c1-4-5-6-10(21)25-13(9(20)7-19)12-8(2)11(22)14(17)16(18,26-12)15(23)24-3;1-3-4-5-8(20)6-9-11(22)14(17)16(18,15(24)25-2)26-13(9)12(23)10(21)7-19/h1,8-9,11-14,19-20,22H,5-7H2,2-3H3;1,9-14,19,21-23H,4-7H2,2H3/t8?,9-,11?,12?,13-,14?,16?;9?,10-,11?,12-,13?,14?,16?/m11/s1. The summed E-state index contributed by atoms with van der Waals surface area (Å²) in [6.07, 6.45) is -11.5. The Morgan fingerprint density at radius 2 is 1.27 bits per heavy atom. The highest BCUT2D eigenvalue weighted by Gasteiger charge is 2.64. The van der Waals surface area contributed by atoms with Gasteiger partial charge in [-0.15, -0.1) is 24.7 Å². The number of Topliss-reactive ketones (excluding diaryl/α,β-unsaturated/α-hetero) is 1. The first kappa shape index (κ1) is 46.6. The normalized spacial score (nSPS) is 33.7. The maximum absolute atomic E-state index is 14.8. The van der Waals surface area contributed by atoms with E-state index >= 15 is 0 Å². The first-order chi connectivity index (χ1) is 24.3. The highest BCUT2D eigenvalue weighted by atomic mass is 19.2. The molecule has 52 heavy (non-hydrogen) atoms. The van der Waals surface area contributed by atoms with E-state index in [1.807, 2.05) is 0 Å². The van der Waals surface area contributed by atoms with Crippen LogP contribution in [0.2, 0.25) is 0 Å². The van der Waals surface area contributed by atoms with Crippen LogP contribution in [0.4, 0.5) is 17.6 Å². The second-order valence-electron chi connectivity index (χ2n) is 11.8. The van der Waals surface area contributed by atoms with Crippen molar-refractivity contribution >= 4 is 23.7 Å². The van der Waals surface area contributed by atoms with Crippen molar-refractivity contribution < 1.29 is 96.2 Å². The number of ketones is 1. The van der Waals surface area contributed by atoms with Crippen LogP contribution >= 0.6 is 0 Å². The SMILES string of the molecule is C#CCCC(=O)CC1C(O)C(F)C(F)(C(=O)OC)OC1[C@H](O)[C@H](O)CO.C#CCCC(=O)O[C@@H](C1OC(F)(C(=O)OC)C(F)C(O)C1C)[C@H](O)CO. The van der Waals surface area contributed by atoms with Crippen molar-refractivity contribution in [3.8, 4) is 24.7 Å². The van der Waals surface area contributed by atoms with Crippen LogP contribution in [0, 0.1) is 36.5 Å². The second-order valence-corrected chi connectivity index (χ2v) is 11.8. The lowest BCUT2D eigenvalue weighted by Gasteiger charge is -2.45. The third kappa shape index (κ3) is 10.8. The Morgan fingerprint density at radius 1 is 0.808 bits per heavy atom. The van der Waals surface area contributed by atoms with Gasteiger partial charge >= 0.3 is 29.6 Å². The third-order valence-electron chi connectivity index (χ3n) is 8.33. The lowest BCUT2D eigenvalue weighted by Crippen LogP contribution is -2.65. The van der Waals surface area contributed by atoms with E-state index in [1.54, 1.807) is 0 Å². The molecule has 0 spiro atoms. The number of alkyl halides is 4. The molecule has 296 valence electrons. The fourth-order valence-corrected chi connectivity index (χ4v) is 5.32. The molecular weight excluding hydrogens is 716 g/mol. The quantitative estimate of drug-likeness (QED) is 0.0407. The van der Waals surface area contributed by atoms with Gasteiger partial charge in [-0.1, -0.05) is 6.92 Å². The molecule has 0 bridgehead atoms. The Hall–Kier alpha value is -3.44. The van der Waals surface area contributed by atoms with Crippen molar-refractivity contribution in [2.75, 3.05) is 27.4 Å². The maximum atomic E-state index is 14.8. The van der Waals surface area contributed by atoms with E-state index < -0.39 is 128 Å². The largest absolute Gasteiger partial charge is 0.465 e. The Balaban J connectivity index is 0.000000520. The van der Waals surface area contributed by atoms with Crippen LogP contribution < -0.4 is 0 Å². The van der Waals surface area contributed by atoms with Crippen LogP contribution in [0.25, 0.3) is 0 Å². The van der Waals surface area contributed by atoms with Gasteiger partial charge in [-0.05, 0) is 0 Å². The van der Waals surface area contributed by atoms with E-state index in [0.29, 0.717) is 0 Å². The molecule has 7 N–H and O–H groups in total. The van der Waals surface area contributed by atoms with Crippen LogP contribution in [-0.4, -0.2) is 160 Å². The van der Waals surface area contributed by atoms with E-state index in [9.17, 15) is 62.3 Å². The van der Waals surface area contributed by atoms with Gasteiger partial charge in [0.15, 0.2) is 18.4 Å². The predicted molar refractivity (Wildman–Crippen MR) is 164 cm³/mol. The molecule has 14 atom stereocenters. The first-order valence-electron chi connectivity index (χ1n) is 15.7. The fraction of sp³-hybridized carbons (Fsp3) is 0.750. The summed E-state index contributed by atoms with van der Waals surface area (Å²) in [5, 5.41) is 67.8. The summed E-state index contributed by atoms with van der Waals surface area (Å²) in [6.45, 7) is -0.636. The minimum absolute atomic E-state index is 0.0201. The smallest absolute Gasteiger partial charge is 0.375 e. The van der Waals surface area contributed by atoms with Crippen molar-refractivity contribution in [3.63, 3.8) is 0 Å². The van der Waals surface area contributed by atoms with Crippen LogP contribution in [0.5, 0.6) is 0 Å². The number of hydrogen-bond donors (Lipinski definition) is 7.